The van der Waals surface area contributed by atoms with E-state index in [2.05, 4.69) is 5.32 Å². The first-order valence-corrected chi connectivity index (χ1v) is 10.4. The van der Waals surface area contributed by atoms with Gasteiger partial charge in [0.05, 0.1) is 12.7 Å². The van der Waals surface area contributed by atoms with Crippen LogP contribution in [0.2, 0.25) is 0 Å². The van der Waals surface area contributed by atoms with Crippen LogP contribution in [0.5, 0.6) is 17.2 Å². The second-order valence-electron chi connectivity index (χ2n) is 7.41. The molecular weight excluding hydrogens is 438 g/mol. The van der Waals surface area contributed by atoms with E-state index in [-0.39, 0.29) is 11.5 Å². The van der Waals surface area contributed by atoms with Crippen molar-refractivity contribution in [2.45, 2.75) is 6.04 Å². The monoisotopic (exact) mass is 459 g/mol. The number of ether oxygens (including phenoxy) is 3. The lowest BCUT2D eigenvalue weighted by atomic mass is 10.1. The zero-order valence-corrected chi connectivity index (χ0v) is 18.2. The maximum atomic E-state index is 12.6. The molecule has 0 radical (unpaired) electrons. The van der Waals surface area contributed by atoms with E-state index in [1.807, 2.05) is 0 Å². The fourth-order valence-corrected chi connectivity index (χ4v) is 3.39. The summed E-state index contributed by atoms with van der Waals surface area (Å²) in [6.45, 7) is -0.405. The van der Waals surface area contributed by atoms with Gasteiger partial charge in [-0.2, -0.15) is 0 Å². The van der Waals surface area contributed by atoms with Crippen molar-refractivity contribution in [3.05, 3.63) is 95.2 Å². The van der Waals surface area contributed by atoms with E-state index >= 15 is 0 Å². The number of rotatable bonds is 8. The Morgan fingerprint density at radius 3 is 2.41 bits per heavy atom. The Kier molecular flexibility index (Phi) is 6.59. The third-order valence-corrected chi connectivity index (χ3v) is 5.11. The highest BCUT2D eigenvalue weighted by atomic mass is 16.5. The van der Waals surface area contributed by atoms with E-state index in [4.69, 9.17) is 14.2 Å². The molecule has 1 heterocycles. The Balaban J connectivity index is 1.40. The minimum absolute atomic E-state index is 0.169. The highest BCUT2D eigenvalue weighted by molar-refractivity contribution is 6.14. The second-order valence-corrected chi connectivity index (χ2v) is 7.41. The van der Waals surface area contributed by atoms with Gasteiger partial charge in [0.2, 0.25) is 5.78 Å². The van der Waals surface area contributed by atoms with Crippen molar-refractivity contribution in [3.8, 4) is 17.2 Å². The first-order chi connectivity index (χ1) is 16.4. The molecule has 0 unspecified atom stereocenters. The summed E-state index contributed by atoms with van der Waals surface area (Å²) < 4.78 is 16.3. The summed E-state index contributed by atoms with van der Waals surface area (Å²) in [5, 5.41) is 11.9. The van der Waals surface area contributed by atoms with E-state index in [9.17, 15) is 19.5 Å². The highest BCUT2D eigenvalue weighted by Gasteiger charge is 2.28. The molecule has 0 fully saturated rings. The van der Waals surface area contributed by atoms with Crippen LogP contribution >= 0.6 is 0 Å². The van der Waals surface area contributed by atoms with E-state index in [1.165, 1.54) is 6.07 Å². The van der Waals surface area contributed by atoms with Crippen molar-refractivity contribution in [1.82, 2.24) is 5.32 Å². The number of hydrogen-bond donors (Lipinski definition) is 2. The second kappa shape index (κ2) is 9.91. The van der Waals surface area contributed by atoms with Crippen molar-refractivity contribution < 1.29 is 33.7 Å². The Bertz CT molecular complexity index is 1250. The first kappa shape index (κ1) is 22.6. The van der Waals surface area contributed by atoms with Crippen molar-refractivity contribution in [1.29, 1.82) is 0 Å². The molecular formula is C26H21NO7. The standard InChI is InChI=1S/C26H21NO7/c1-32-18-9-7-16(8-10-18)13-22-25(29)20-12-11-19(14-21(20)34-22)33-15-23(28)27-24(26(30)31)17-5-3-2-4-6-17/h2-14,24H,15H2,1H3,(H,27,28)(H,30,31)/b22-13-/t24-/m1/s1. The van der Waals surface area contributed by atoms with Crippen LogP contribution in [0.4, 0.5) is 0 Å². The number of Topliss-reactive ketones (excluding diaryl/α,β-unsaturated/α-hetero) is 1. The number of aliphatic carboxylic acids is 1. The van der Waals surface area contributed by atoms with Gasteiger partial charge in [-0.05, 0) is 41.5 Å². The van der Waals surface area contributed by atoms with Crippen molar-refractivity contribution in [2.24, 2.45) is 0 Å². The molecule has 0 bridgehead atoms. The smallest absolute Gasteiger partial charge is 0.330 e. The van der Waals surface area contributed by atoms with E-state index in [0.29, 0.717) is 28.4 Å². The van der Waals surface area contributed by atoms with Gasteiger partial charge >= 0.3 is 5.97 Å². The SMILES string of the molecule is COc1ccc(/C=C2\Oc3cc(OCC(=O)N[C@@H](C(=O)O)c4ccccc4)ccc3C2=O)cc1. The fraction of sp³-hybridized carbons (Fsp3) is 0.115. The number of nitrogens with one attached hydrogen (secondary N) is 1. The zero-order valence-electron chi connectivity index (χ0n) is 18.2. The predicted molar refractivity (Wildman–Crippen MR) is 123 cm³/mol. The number of fused-ring (bicyclic) bond motifs is 1. The highest BCUT2D eigenvalue weighted by Crippen LogP contribution is 2.35. The first-order valence-electron chi connectivity index (χ1n) is 10.4. The molecule has 3 aromatic rings. The molecule has 0 spiro atoms. The van der Waals surface area contributed by atoms with E-state index < -0.39 is 24.5 Å². The van der Waals surface area contributed by atoms with E-state index in [1.54, 1.807) is 79.9 Å². The van der Waals surface area contributed by atoms with Gasteiger partial charge in [-0.15, -0.1) is 0 Å². The van der Waals surface area contributed by atoms with Gasteiger partial charge in [-0.25, -0.2) is 4.79 Å². The Labute approximate surface area is 195 Å². The summed E-state index contributed by atoms with van der Waals surface area (Å²) in [6.07, 6.45) is 1.63. The summed E-state index contributed by atoms with van der Waals surface area (Å²) in [5.74, 6) is -0.554. The summed E-state index contributed by atoms with van der Waals surface area (Å²) in [7, 11) is 1.57. The predicted octanol–water partition coefficient (Wildman–Crippen LogP) is 3.63. The summed E-state index contributed by atoms with van der Waals surface area (Å²) >= 11 is 0. The summed E-state index contributed by atoms with van der Waals surface area (Å²) in [4.78, 5) is 36.5. The van der Waals surface area contributed by atoms with Crippen LogP contribution in [0.15, 0.2) is 78.6 Å². The van der Waals surface area contributed by atoms with Crippen LogP contribution in [-0.2, 0) is 9.59 Å². The fourth-order valence-electron chi connectivity index (χ4n) is 3.39. The molecule has 4 rings (SSSR count). The number of ketones is 1. The van der Waals surface area contributed by atoms with Crippen LogP contribution in [0.25, 0.3) is 6.08 Å². The van der Waals surface area contributed by atoms with Crippen LogP contribution in [0.3, 0.4) is 0 Å². The van der Waals surface area contributed by atoms with Crippen LogP contribution in [0.1, 0.15) is 27.5 Å². The quantitative estimate of drug-likeness (QED) is 0.495. The van der Waals surface area contributed by atoms with Crippen molar-refractivity contribution in [3.63, 3.8) is 0 Å². The zero-order chi connectivity index (χ0) is 24.1. The molecule has 2 N–H and O–H groups in total. The number of carboxylic acid groups (broad SMARTS) is 1. The number of carboxylic acids is 1. The molecule has 0 saturated carbocycles. The number of hydrogen-bond acceptors (Lipinski definition) is 6. The number of carbonyl (C=O) groups excluding carboxylic acids is 2. The summed E-state index contributed by atoms with van der Waals surface area (Å²) in [5.41, 5.74) is 1.60. The lowest BCUT2D eigenvalue weighted by Gasteiger charge is -2.15. The Hall–Kier alpha value is -4.59. The molecule has 3 aromatic carbocycles. The lowest BCUT2D eigenvalue weighted by Crippen LogP contribution is -2.36. The van der Waals surface area contributed by atoms with Gasteiger partial charge < -0.3 is 24.6 Å². The van der Waals surface area contributed by atoms with Gasteiger partial charge in [0.25, 0.3) is 5.91 Å². The molecule has 1 amide bonds. The molecule has 1 aliphatic rings. The average molecular weight is 459 g/mol. The van der Waals surface area contributed by atoms with Gasteiger partial charge in [0, 0.05) is 6.07 Å². The maximum absolute atomic E-state index is 12.6. The molecule has 0 aromatic heterocycles. The Morgan fingerprint density at radius 2 is 1.74 bits per heavy atom. The molecule has 8 heteroatoms. The lowest BCUT2D eigenvalue weighted by molar-refractivity contribution is -0.142. The molecule has 1 aliphatic heterocycles. The van der Waals surface area contributed by atoms with Crippen molar-refractivity contribution >= 4 is 23.7 Å². The number of benzene rings is 3. The molecule has 172 valence electrons. The molecule has 8 nitrogen and oxygen atoms in total. The third-order valence-electron chi connectivity index (χ3n) is 5.11. The van der Waals surface area contributed by atoms with Gasteiger partial charge in [0.15, 0.2) is 18.4 Å². The van der Waals surface area contributed by atoms with Crippen LogP contribution in [-0.4, -0.2) is 36.5 Å². The third kappa shape index (κ3) is 5.07. The largest absolute Gasteiger partial charge is 0.497 e. The average Bonchev–Trinajstić information content (AvgIpc) is 3.16. The number of methoxy groups -OCH3 is 1. The van der Waals surface area contributed by atoms with Crippen LogP contribution < -0.4 is 19.5 Å². The van der Waals surface area contributed by atoms with Gasteiger partial charge in [-0.1, -0.05) is 42.5 Å². The van der Waals surface area contributed by atoms with E-state index in [0.717, 1.165) is 5.56 Å². The molecule has 1 atom stereocenters. The topological polar surface area (TPSA) is 111 Å². The molecule has 0 saturated heterocycles. The van der Waals surface area contributed by atoms with Crippen molar-refractivity contribution in [2.75, 3.05) is 13.7 Å². The molecule has 34 heavy (non-hydrogen) atoms. The van der Waals surface area contributed by atoms with Crippen LogP contribution in [0, 0.1) is 0 Å². The maximum Gasteiger partial charge on any atom is 0.330 e. The Morgan fingerprint density at radius 1 is 1.03 bits per heavy atom. The van der Waals surface area contributed by atoms with Gasteiger partial charge in [0.1, 0.15) is 17.2 Å². The number of amides is 1. The molecule has 0 aliphatic carbocycles. The van der Waals surface area contributed by atoms with Gasteiger partial charge in [-0.3, -0.25) is 9.59 Å². The summed E-state index contributed by atoms with van der Waals surface area (Å²) in [6, 6.07) is 19.0. The number of carbonyl (C=O) groups is 3. The minimum atomic E-state index is -1.19. The normalized spacial score (nSPS) is 14.1. The number of allylic oxidation sites excluding steroid dienone is 1. The minimum Gasteiger partial charge on any atom is -0.497 e.